The van der Waals surface area contributed by atoms with Crippen molar-refractivity contribution in [2.24, 2.45) is 0 Å². The van der Waals surface area contributed by atoms with E-state index in [0.717, 1.165) is 17.4 Å². The van der Waals surface area contributed by atoms with Crippen molar-refractivity contribution in [2.45, 2.75) is 12.6 Å². The third kappa shape index (κ3) is 3.01. The Balaban J connectivity index is 2.08. The second-order valence-corrected chi connectivity index (χ2v) is 5.28. The molecule has 0 radical (unpaired) electrons. The Hall–Kier alpha value is -1.83. The largest absolute Gasteiger partial charge is 0.477 e. The van der Waals surface area contributed by atoms with Crippen LogP contribution in [0.3, 0.4) is 0 Å². The molecule has 8 heteroatoms. The summed E-state index contributed by atoms with van der Waals surface area (Å²) in [7, 11) is 0. The zero-order valence-electron chi connectivity index (χ0n) is 10.1. The normalized spacial score (nSPS) is 15.9. The Morgan fingerprint density at radius 2 is 1.90 bits per heavy atom. The topological polar surface area (TPSA) is 57.6 Å². The van der Waals surface area contributed by atoms with E-state index in [1.54, 1.807) is 0 Å². The minimum atomic E-state index is -4.35. The zero-order chi connectivity index (χ0) is 14.9. The molecule has 1 aromatic heterocycles. The molecule has 4 nitrogen and oxygen atoms in total. The number of rotatable bonds is 2. The summed E-state index contributed by atoms with van der Waals surface area (Å²) >= 11 is 0.815. The Kier molecular flexibility index (Phi) is 3.85. The van der Waals surface area contributed by atoms with Crippen molar-refractivity contribution in [2.75, 3.05) is 13.1 Å². The van der Waals surface area contributed by atoms with Crippen molar-refractivity contribution in [3.05, 3.63) is 33.5 Å². The van der Waals surface area contributed by atoms with Crippen LogP contribution in [0.5, 0.6) is 0 Å². The summed E-state index contributed by atoms with van der Waals surface area (Å²) in [5, 5.41) is 8.77. The number of carbonyl (C=O) groups is 2. The summed E-state index contributed by atoms with van der Waals surface area (Å²) in [5.41, 5.74) is -0.626. The highest BCUT2D eigenvalue weighted by molar-refractivity contribution is 7.15. The van der Waals surface area contributed by atoms with E-state index in [2.05, 4.69) is 0 Å². The molecule has 0 unspecified atom stereocenters. The van der Waals surface area contributed by atoms with Gasteiger partial charge in [-0.25, -0.2) is 4.79 Å². The van der Waals surface area contributed by atoms with Crippen molar-refractivity contribution in [3.63, 3.8) is 0 Å². The molecule has 0 bridgehead atoms. The predicted octanol–water partition coefficient (Wildman–Crippen LogP) is 2.78. The van der Waals surface area contributed by atoms with Crippen LogP contribution in [0.25, 0.3) is 0 Å². The van der Waals surface area contributed by atoms with Crippen molar-refractivity contribution in [1.29, 1.82) is 0 Å². The molecule has 0 aliphatic carbocycles. The van der Waals surface area contributed by atoms with E-state index in [0.29, 0.717) is 0 Å². The molecule has 0 spiro atoms. The summed E-state index contributed by atoms with van der Waals surface area (Å²) in [5.74, 6) is -1.58. The van der Waals surface area contributed by atoms with Crippen molar-refractivity contribution < 1.29 is 27.9 Å². The molecule has 2 rings (SSSR count). The van der Waals surface area contributed by atoms with Gasteiger partial charge in [0.15, 0.2) is 0 Å². The maximum atomic E-state index is 12.4. The van der Waals surface area contributed by atoms with E-state index in [9.17, 15) is 22.8 Å². The standard InChI is InChI=1S/C12H10F3NO3S/c13-12(14,15)7-3-5-16(6-4-7)10(17)8-1-2-9(20-8)11(18)19/h1-3H,4-6H2,(H,18,19). The number of nitrogens with zero attached hydrogens (tertiary/aromatic N) is 1. The first kappa shape index (κ1) is 14.6. The van der Waals surface area contributed by atoms with Gasteiger partial charge in [0.25, 0.3) is 5.91 Å². The molecule has 0 atom stereocenters. The van der Waals surface area contributed by atoms with Crippen LogP contribution in [-0.4, -0.2) is 41.1 Å². The van der Waals surface area contributed by atoms with Gasteiger partial charge in [-0.05, 0) is 18.6 Å². The summed E-state index contributed by atoms with van der Waals surface area (Å²) in [4.78, 5) is 24.3. The van der Waals surface area contributed by atoms with Gasteiger partial charge in [-0.15, -0.1) is 11.3 Å². The van der Waals surface area contributed by atoms with Gasteiger partial charge >= 0.3 is 12.1 Å². The number of thiophene rings is 1. The maximum Gasteiger partial charge on any atom is 0.412 e. The maximum absolute atomic E-state index is 12.4. The fourth-order valence-corrected chi connectivity index (χ4v) is 2.65. The van der Waals surface area contributed by atoms with Gasteiger partial charge in [-0.1, -0.05) is 6.08 Å². The molecule has 108 valence electrons. The van der Waals surface area contributed by atoms with Gasteiger partial charge in [-0.3, -0.25) is 4.79 Å². The molecule has 1 aliphatic rings. The Labute approximate surface area is 116 Å². The quantitative estimate of drug-likeness (QED) is 0.855. The summed E-state index contributed by atoms with van der Waals surface area (Å²) in [6.07, 6.45) is -3.60. The third-order valence-electron chi connectivity index (χ3n) is 2.89. The lowest BCUT2D eigenvalue weighted by atomic mass is 10.1. The van der Waals surface area contributed by atoms with Crippen LogP contribution < -0.4 is 0 Å². The average Bonchev–Trinajstić information content (AvgIpc) is 2.86. The number of hydrogen-bond acceptors (Lipinski definition) is 3. The summed E-state index contributed by atoms with van der Waals surface area (Å²) in [6, 6.07) is 2.68. The van der Waals surface area contributed by atoms with Crippen LogP contribution in [0.1, 0.15) is 25.8 Å². The van der Waals surface area contributed by atoms with E-state index in [1.807, 2.05) is 0 Å². The van der Waals surface area contributed by atoms with Crippen molar-refractivity contribution in [1.82, 2.24) is 4.90 Å². The number of carbonyl (C=O) groups excluding carboxylic acids is 1. The lowest BCUT2D eigenvalue weighted by Gasteiger charge is -2.26. The predicted molar refractivity (Wildman–Crippen MR) is 65.9 cm³/mol. The molecule has 0 saturated carbocycles. The van der Waals surface area contributed by atoms with Gasteiger partial charge in [0, 0.05) is 18.7 Å². The smallest absolute Gasteiger partial charge is 0.412 e. The van der Waals surface area contributed by atoms with E-state index >= 15 is 0 Å². The number of carboxylic acids is 1. The molecular formula is C12H10F3NO3S. The van der Waals surface area contributed by atoms with E-state index < -0.39 is 23.6 Å². The number of amides is 1. The minimum absolute atomic E-state index is 0.0233. The summed E-state index contributed by atoms with van der Waals surface area (Å²) < 4.78 is 37.3. The van der Waals surface area contributed by atoms with E-state index in [-0.39, 0.29) is 29.3 Å². The average molecular weight is 305 g/mol. The molecule has 0 aromatic carbocycles. The molecule has 2 heterocycles. The Bertz CT molecular complexity index is 577. The molecule has 0 saturated heterocycles. The van der Waals surface area contributed by atoms with Gasteiger partial charge in [0.2, 0.25) is 0 Å². The highest BCUT2D eigenvalue weighted by Gasteiger charge is 2.35. The number of alkyl halides is 3. The number of aromatic carboxylic acids is 1. The van der Waals surface area contributed by atoms with E-state index in [4.69, 9.17) is 5.11 Å². The zero-order valence-corrected chi connectivity index (χ0v) is 10.9. The van der Waals surface area contributed by atoms with Gasteiger partial charge in [0.1, 0.15) is 4.88 Å². The van der Waals surface area contributed by atoms with Crippen LogP contribution in [0, 0.1) is 0 Å². The molecule has 1 aromatic rings. The van der Waals surface area contributed by atoms with Crippen LogP contribution in [0.4, 0.5) is 13.2 Å². The van der Waals surface area contributed by atoms with Crippen molar-refractivity contribution in [3.8, 4) is 0 Å². The lowest BCUT2D eigenvalue weighted by Crippen LogP contribution is -2.36. The van der Waals surface area contributed by atoms with Crippen LogP contribution in [0.15, 0.2) is 23.8 Å². The van der Waals surface area contributed by atoms with Gasteiger partial charge < -0.3 is 10.0 Å². The highest BCUT2D eigenvalue weighted by Crippen LogP contribution is 2.30. The monoisotopic (exact) mass is 305 g/mol. The highest BCUT2D eigenvalue weighted by atomic mass is 32.1. The Morgan fingerprint density at radius 1 is 1.25 bits per heavy atom. The second-order valence-electron chi connectivity index (χ2n) is 4.20. The SMILES string of the molecule is O=C(O)c1ccc(C(=O)N2CC=C(C(F)(F)F)CC2)s1. The summed E-state index contributed by atoms with van der Waals surface area (Å²) in [6.45, 7) is -0.140. The lowest BCUT2D eigenvalue weighted by molar-refractivity contribution is -0.0957. The Morgan fingerprint density at radius 3 is 2.35 bits per heavy atom. The fourth-order valence-electron chi connectivity index (χ4n) is 1.83. The van der Waals surface area contributed by atoms with Crippen molar-refractivity contribution >= 4 is 23.2 Å². The van der Waals surface area contributed by atoms with Crippen LogP contribution in [0.2, 0.25) is 0 Å². The molecule has 0 fully saturated rings. The fraction of sp³-hybridized carbons (Fsp3) is 0.333. The second kappa shape index (κ2) is 5.28. The van der Waals surface area contributed by atoms with Crippen LogP contribution in [-0.2, 0) is 0 Å². The van der Waals surface area contributed by atoms with Gasteiger partial charge in [0.05, 0.1) is 4.88 Å². The number of carboxylic acid groups (broad SMARTS) is 1. The molecule has 20 heavy (non-hydrogen) atoms. The van der Waals surface area contributed by atoms with E-state index in [1.165, 1.54) is 17.0 Å². The molecule has 1 amide bonds. The molecule has 1 N–H and O–H groups in total. The molecular weight excluding hydrogens is 295 g/mol. The van der Waals surface area contributed by atoms with Gasteiger partial charge in [-0.2, -0.15) is 13.2 Å². The molecule has 1 aliphatic heterocycles. The first-order chi connectivity index (χ1) is 9.29. The van der Waals surface area contributed by atoms with Crippen LogP contribution >= 0.6 is 11.3 Å². The number of halogens is 3. The minimum Gasteiger partial charge on any atom is -0.477 e. The first-order valence-electron chi connectivity index (χ1n) is 5.67. The number of hydrogen-bond donors (Lipinski definition) is 1. The third-order valence-corrected chi connectivity index (χ3v) is 3.95. The first-order valence-corrected chi connectivity index (χ1v) is 6.49.